The predicted octanol–water partition coefficient (Wildman–Crippen LogP) is 2.77. The van der Waals surface area contributed by atoms with Gasteiger partial charge in [-0.05, 0) is 49.0 Å². The topological polar surface area (TPSA) is 61.0 Å². The van der Waals surface area contributed by atoms with Crippen LogP contribution in [-0.4, -0.2) is 16.7 Å². The molecule has 4 nitrogen and oxygen atoms in total. The van der Waals surface area contributed by atoms with Crippen molar-refractivity contribution < 1.29 is 4.74 Å². The van der Waals surface area contributed by atoms with E-state index < -0.39 is 0 Å². The fourth-order valence-electron chi connectivity index (χ4n) is 2.34. The van der Waals surface area contributed by atoms with Gasteiger partial charge in [0.15, 0.2) is 0 Å². The number of ether oxygens (including phenoxy) is 1. The average Bonchev–Trinajstić information content (AvgIpc) is 2.85. The average molecular weight is 277 g/mol. The van der Waals surface area contributed by atoms with Gasteiger partial charge in [-0.3, -0.25) is 0 Å². The molecule has 0 amide bonds. The molecule has 0 fully saturated rings. The Kier molecular flexibility index (Phi) is 4.17. The van der Waals surface area contributed by atoms with Gasteiger partial charge in [0.1, 0.15) is 5.75 Å². The van der Waals surface area contributed by atoms with E-state index in [1.165, 1.54) is 17.1 Å². The Morgan fingerprint density at radius 3 is 2.74 bits per heavy atom. The summed E-state index contributed by atoms with van der Waals surface area (Å²) in [6.45, 7) is 6.17. The maximum absolute atomic E-state index is 6.41. The number of aromatic nitrogens is 2. The number of methoxy groups -OCH3 is 1. The summed E-state index contributed by atoms with van der Waals surface area (Å²) in [6, 6.07) is 3.91. The minimum atomic E-state index is -0.231. The first-order valence-electron chi connectivity index (χ1n) is 6.30. The monoisotopic (exact) mass is 277 g/mol. The normalized spacial score (nSPS) is 12.5. The van der Waals surface area contributed by atoms with Crippen LogP contribution in [0.3, 0.4) is 0 Å². The van der Waals surface area contributed by atoms with Gasteiger partial charge in [-0.2, -0.15) is 0 Å². The fraction of sp³-hybridized carbons (Fsp3) is 0.429. The summed E-state index contributed by atoms with van der Waals surface area (Å²) < 4.78 is 9.50. The standard InChI is InChI=1S/C14H19N3OS/c1-5-10-14(19-17-16-10)13(15)12-9(3)6-8(2)7-11(12)18-4/h6-7,13H,5,15H2,1-4H3. The maximum Gasteiger partial charge on any atom is 0.124 e. The van der Waals surface area contributed by atoms with Gasteiger partial charge in [0.25, 0.3) is 0 Å². The number of aryl methyl sites for hydroxylation is 3. The van der Waals surface area contributed by atoms with Crippen LogP contribution in [0.25, 0.3) is 0 Å². The van der Waals surface area contributed by atoms with Crippen LogP contribution in [0.15, 0.2) is 12.1 Å². The first-order valence-corrected chi connectivity index (χ1v) is 7.07. The molecule has 2 N–H and O–H groups in total. The number of nitrogens with two attached hydrogens (primary N) is 1. The van der Waals surface area contributed by atoms with Crippen LogP contribution >= 0.6 is 11.5 Å². The molecule has 0 spiro atoms. The summed E-state index contributed by atoms with van der Waals surface area (Å²) >= 11 is 1.37. The Morgan fingerprint density at radius 2 is 2.11 bits per heavy atom. The Balaban J connectivity index is 2.52. The zero-order chi connectivity index (χ0) is 14.0. The molecule has 5 heteroatoms. The number of hydrogen-bond donors (Lipinski definition) is 1. The Morgan fingerprint density at radius 1 is 1.37 bits per heavy atom. The molecule has 1 aromatic carbocycles. The predicted molar refractivity (Wildman–Crippen MR) is 77.8 cm³/mol. The first kappa shape index (κ1) is 14.0. The summed E-state index contributed by atoms with van der Waals surface area (Å²) in [7, 11) is 1.68. The quantitative estimate of drug-likeness (QED) is 0.933. The van der Waals surface area contributed by atoms with Crippen molar-refractivity contribution in [3.63, 3.8) is 0 Å². The molecule has 0 radical (unpaired) electrons. The molecule has 0 aliphatic rings. The van der Waals surface area contributed by atoms with Crippen molar-refractivity contribution in [2.45, 2.75) is 33.2 Å². The van der Waals surface area contributed by atoms with E-state index in [0.29, 0.717) is 0 Å². The van der Waals surface area contributed by atoms with Crippen LogP contribution in [0.2, 0.25) is 0 Å². The Hall–Kier alpha value is -1.46. The largest absolute Gasteiger partial charge is 0.496 e. The Labute approximate surface area is 117 Å². The number of rotatable bonds is 4. The van der Waals surface area contributed by atoms with Crippen molar-refractivity contribution in [2.24, 2.45) is 5.73 Å². The molecule has 1 heterocycles. The van der Waals surface area contributed by atoms with E-state index in [2.05, 4.69) is 36.4 Å². The summed E-state index contributed by atoms with van der Waals surface area (Å²) in [6.07, 6.45) is 0.840. The molecule has 19 heavy (non-hydrogen) atoms. The van der Waals surface area contributed by atoms with Crippen LogP contribution in [0.4, 0.5) is 0 Å². The van der Waals surface area contributed by atoms with Crippen molar-refractivity contribution in [1.29, 1.82) is 0 Å². The van der Waals surface area contributed by atoms with Crippen LogP contribution in [0, 0.1) is 13.8 Å². The zero-order valence-electron chi connectivity index (χ0n) is 11.7. The van der Waals surface area contributed by atoms with Crippen molar-refractivity contribution in [3.8, 4) is 5.75 Å². The molecule has 0 aliphatic heterocycles. The second kappa shape index (κ2) is 5.67. The van der Waals surface area contributed by atoms with Crippen molar-refractivity contribution >= 4 is 11.5 Å². The molecule has 0 bridgehead atoms. The number of hydrogen-bond acceptors (Lipinski definition) is 5. The van der Waals surface area contributed by atoms with E-state index >= 15 is 0 Å². The van der Waals surface area contributed by atoms with Crippen LogP contribution in [-0.2, 0) is 6.42 Å². The molecule has 1 unspecified atom stereocenters. The van der Waals surface area contributed by atoms with Crippen molar-refractivity contribution in [2.75, 3.05) is 7.11 Å². The number of nitrogens with zero attached hydrogens (tertiary/aromatic N) is 2. The summed E-state index contributed by atoms with van der Waals surface area (Å²) in [5, 5.41) is 4.13. The molecular weight excluding hydrogens is 258 g/mol. The summed E-state index contributed by atoms with van der Waals surface area (Å²) in [4.78, 5) is 1.02. The molecule has 0 saturated heterocycles. The van der Waals surface area contributed by atoms with E-state index in [0.717, 1.165) is 33.9 Å². The molecule has 1 atom stereocenters. The van der Waals surface area contributed by atoms with Crippen LogP contribution < -0.4 is 10.5 Å². The van der Waals surface area contributed by atoms with Crippen molar-refractivity contribution in [1.82, 2.24) is 9.59 Å². The van der Waals surface area contributed by atoms with Gasteiger partial charge >= 0.3 is 0 Å². The number of benzene rings is 1. The zero-order valence-corrected chi connectivity index (χ0v) is 12.5. The van der Waals surface area contributed by atoms with Crippen LogP contribution in [0.1, 0.15) is 40.2 Å². The van der Waals surface area contributed by atoms with E-state index in [-0.39, 0.29) is 6.04 Å². The first-order chi connectivity index (χ1) is 9.08. The van der Waals surface area contributed by atoms with Gasteiger partial charge in [-0.15, -0.1) is 5.10 Å². The van der Waals surface area contributed by atoms with Gasteiger partial charge < -0.3 is 10.5 Å². The Bertz CT molecular complexity index is 580. The van der Waals surface area contributed by atoms with E-state index in [1.807, 2.05) is 6.07 Å². The van der Waals surface area contributed by atoms with E-state index in [1.54, 1.807) is 7.11 Å². The highest BCUT2D eigenvalue weighted by atomic mass is 32.1. The molecule has 2 aromatic rings. The van der Waals surface area contributed by atoms with Crippen molar-refractivity contribution in [3.05, 3.63) is 39.4 Å². The second-order valence-electron chi connectivity index (χ2n) is 4.61. The summed E-state index contributed by atoms with van der Waals surface area (Å²) in [5.41, 5.74) is 10.7. The molecule has 0 aliphatic carbocycles. The third kappa shape index (κ3) is 2.62. The molecule has 2 rings (SSSR count). The minimum absolute atomic E-state index is 0.231. The maximum atomic E-state index is 6.41. The highest BCUT2D eigenvalue weighted by Gasteiger charge is 2.22. The smallest absolute Gasteiger partial charge is 0.124 e. The second-order valence-corrected chi connectivity index (χ2v) is 5.40. The lowest BCUT2D eigenvalue weighted by atomic mass is 9.96. The highest BCUT2D eigenvalue weighted by molar-refractivity contribution is 7.05. The van der Waals surface area contributed by atoms with E-state index in [4.69, 9.17) is 10.5 Å². The van der Waals surface area contributed by atoms with Crippen LogP contribution in [0.5, 0.6) is 5.75 Å². The molecule has 102 valence electrons. The van der Waals surface area contributed by atoms with Gasteiger partial charge in [-0.25, -0.2) is 0 Å². The lowest BCUT2D eigenvalue weighted by Gasteiger charge is -2.18. The lowest BCUT2D eigenvalue weighted by molar-refractivity contribution is 0.407. The summed E-state index contributed by atoms with van der Waals surface area (Å²) in [5.74, 6) is 0.834. The molecule has 0 saturated carbocycles. The minimum Gasteiger partial charge on any atom is -0.496 e. The van der Waals surface area contributed by atoms with E-state index in [9.17, 15) is 0 Å². The van der Waals surface area contributed by atoms with Gasteiger partial charge in [0.05, 0.1) is 23.7 Å². The SMILES string of the molecule is CCc1nnsc1C(N)c1c(C)cc(C)cc1OC. The third-order valence-electron chi connectivity index (χ3n) is 3.23. The molecule has 1 aromatic heterocycles. The highest BCUT2D eigenvalue weighted by Crippen LogP contribution is 2.34. The van der Waals surface area contributed by atoms with Gasteiger partial charge in [0, 0.05) is 5.56 Å². The van der Waals surface area contributed by atoms with Gasteiger partial charge in [0.2, 0.25) is 0 Å². The van der Waals surface area contributed by atoms with Gasteiger partial charge in [-0.1, -0.05) is 17.5 Å². The lowest BCUT2D eigenvalue weighted by Crippen LogP contribution is -2.15. The third-order valence-corrected chi connectivity index (χ3v) is 4.08. The fourth-order valence-corrected chi connectivity index (χ4v) is 3.08. The molecular formula is C14H19N3OS.